The predicted molar refractivity (Wildman–Crippen MR) is 361 cm³/mol. The van der Waals surface area contributed by atoms with Crippen LogP contribution in [0.1, 0.15) is 239 Å². The Balaban J connectivity index is 4.42. The maximum absolute atomic E-state index is 12.9. The number of carbonyl (C=O) groups excluding carboxylic acids is 3. The molecule has 0 aromatic carbocycles. The number of carbonyl (C=O) groups is 3. The first-order valence-electron chi connectivity index (χ1n) is 32.6. The molecule has 1 unspecified atom stereocenters. The van der Waals surface area contributed by atoms with Crippen molar-refractivity contribution in [3.63, 3.8) is 0 Å². The van der Waals surface area contributed by atoms with Crippen LogP contribution in [0.25, 0.3) is 0 Å². The molecule has 0 N–H and O–H groups in total. The SMILES string of the molecule is CC/C=C\C/C=C\C/C=C\C/C=C\C/C=C\C/C=C\C/C=C\CCCCCCCCCCCCCC(=O)OCC(COC(=O)C/C=C\C/C=C\C/C=C\C/C=C\C/C=C\CC)OC(=O)CCC/C=C\C/C=C\C/C=C\C/C=C\C/C=C\CC. The van der Waals surface area contributed by atoms with Crippen LogP contribution in [-0.2, 0) is 28.6 Å². The van der Waals surface area contributed by atoms with Crippen LogP contribution in [0, 0.1) is 0 Å². The highest BCUT2D eigenvalue weighted by Crippen LogP contribution is 2.14. The lowest BCUT2D eigenvalue weighted by Gasteiger charge is -2.18. The molecule has 0 spiro atoms. The Morgan fingerprint density at radius 1 is 0.253 bits per heavy atom. The predicted octanol–water partition coefficient (Wildman–Crippen LogP) is 22.8. The lowest BCUT2D eigenvalue weighted by atomic mass is 10.0. The molecule has 1 atom stereocenters. The van der Waals surface area contributed by atoms with E-state index >= 15 is 0 Å². The van der Waals surface area contributed by atoms with Crippen molar-refractivity contribution in [2.24, 2.45) is 0 Å². The van der Waals surface area contributed by atoms with Gasteiger partial charge in [0, 0.05) is 12.8 Å². The lowest BCUT2D eigenvalue weighted by molar-refractivity contribution is -0.166. The van der Waals surface area contributed by atoms with Gasteiger partial charge in [0.25, 0.3) is 0 Å². The summed E-state index contributed by atoms with van der Waals surface area (Å²) in [6.45, 7) is 6.14. The molecule has 0 fully saturated rings. The summed E-state index contributed by atoms with van der Waals surface area (Å²) in [5.74, 6) is -1.15. The molecule has 0 aliphatic carbocycles. The fourth-order valence-electron chi connectivity index (χ4n) is 8.06. The van der Waals surface area contributed by atoms with Crippen LogP contribution in [0.4, 0.5) is 0 Å². The Morgan fingerprint density at radius 3 is 0.819 bits per heavy atom. The minimum atomic E-state index is -0.862. The van der Waals surface area contributed by atoms with Crippen LogP contribution in [-0.4, -0.2) is 37.2 Å². The van der Waals surface area contributed by atoms with Crippen LogP contribution in [0.15, 0.2) is 207 Å². The zero-order valence-electron chi connectivity index (χ0n) is 52.6. The van der Waals surface area contributed by atoms with E-state index in [-0.39, 0.29) is 32.0 Å². The van der Waals surface area contributed by atoms with Gasteiger partial charge in [0.1, 0.15) is 13.2 Å². The van der Waals surface area contributed by atoms with E-state index in [9.17, 15) is 14.4 Å². The third-order valence-electron chi connectivity index (χ3n) is 12.8. The summed E-state index contributed by atoms with van der Waals surface area (Å²) in [5, 5.41) is 0. The first-order valence-corrected chi connectivity index (χ1v) is 32.6. The first kappa shape index (κ1) is 77.0. The van der Waals surface area contributed by atoms with Gasteiger partial charge in [-0.1, -0.05) is 285 Å². The molecule has 0 aromatic heterocycles. The Kier molecular flexibility index (Phi) is 63.5. The molecule has 0 aromatic rings. The smallest absolute Gasteiger partial charge is 0.309 e. The molecule has 0 radical (unpaired) electrons. The third-order valence-corrected chi connectivity index (χ3v) is 12.8. The van der Waals surface area contributed by atoms with E-state index in [2.05, 4.69) is 215 Å². The van der Waals surface area contributed by atoms with Crippen molar-refractivity contribution in [3.05, 3.63) is 207 Å². The van der Waals surface area contributed by atoms with Crippen LogP contribution in [0.2, 0.25) is 0 Å². The number of rotatable bonds is 56. The average Bonchev–Trinajstić information content (AvgIpc) is 3.49. The van der Waals surface area contributed by atoms with Gasteiger partial charge in [0.15, 0.2) is 6.10 Å². The fraction of sp³-hybridized carbons (Fsp3) is 0.519. The Bertz CT molecular complexity index is 2030. The van der Waals surface area contributed by atoms with Crippen molar-refractivity contribution in [2.45, 2.75) is 245 Å². The number of hydrogen-bond acceptors (Lipinski definition) is 6. The van der Waals surface area contributed by atoms with Gasteiger partial charge in [0.2, 0.25) is 0 Å². The van der Waals surface area contributed by atoms with Crippen molar-refractivity contribution in [2.75, 3.05) is 13.2 Å². The van der Waals surface area contributed by atoms with Gasteiger partial charge in [0.05, 0.1) is 6.42 Å². The summed E-state index contributed by atoms with van der Waals surface area (Å²) in [5.41, 5.74) is 0. The topological polar surface area (TPSA) is 78.9 Å². The second-order valence-corrected chi connectivity index (χ2v) is 20.5. The maximum Gasteiger partial charge on any atom is 0.309 e. The summed E-state index contributed by atoms with van der Waals surface area (Å²) >= 11 is 0. The van der Waals surface area contributed by atoms with Gasteiger partial charge in [-0.15, -0.1) is 0 Å². The standard InChI is InChI=1S/C77H116O6/c1-4-7-10-13-16-19-22-25-28-30-31-32-33-34-35-36-37-38-39-40-41-42-43-44-45-47-49-52-55-58-61-64-67-70-76(79)82-73-74(72-81-75(78)69-66-63-60-57-54-51-48-27-24-21-18-15-12-9-6-3)83-77(80)71-68-65-62-59-56-53-50-46-29-26-23-20-17-14-11-8-5-2/h7-12,16-21,25-29,31-32,34-35,37-38,40-41,48,50,53-54,57,59,62-63,66,74H,4-6,13-15,22-24,30,33,36,39,42-47,49,51-52,55-56,58,60-61,64-65,67-73H2,1-3H3/b10-7-,11-8-,12-9-,19-16-,20-17-,21-18-,28-25-,29-26-,32-31-,35-34-,38-37-,41-40-,48-27-,53-50-,57-54-,62-59-,66-63-. The molecule has 6 heteroatoms. The highest BCUT2D eigenvalue weighted by molar-refractivity contribution is 5.72. The van der Waals surface area contributed by atoms with Crippen LogP contribution < -0.4 is 0 Å². The lowest BCUT2D eigenvalue weighted by Crippen LogP contribution is -2.30. The third kappa shape index (κ3) is 66.7. The van der Waals surface area contributed by atoms with Crippen molar-refractivity contribution < 1.29 is 28.6 Å². The first-order chi connectivity index (χ1) is 41.0. The van der Waals surface area contributed by atoms with E-state index in [4.69, 9.17) is 14.2 Å². The molecule has 0 saturated carbocycles. The molecule has 0 bridgehead atoms. The van der Waals surface area contributed by atoms with E-state index in [1.165, 1.54) is 57.8 Å². The molecule has 0 aliphatic heterocycles. The number of esters is 3. The monoisotopic (exact) mass is 1140 g/mol. The molecular formula is C77H116O6. The molecule has 0 saturated heterocycles. The molecule has 6 nitrogen and oxygen atoms in total. The second-order valence-electron chi connectivity index (χ2n) is 20.5. The minimum absolute atomic E-state index is 0.104. The van der Waals surface area contributed by atoms with Gasteiger partial charge in [-0.25, -0.2) is 0 Å². The minimum Gasteiger partial charge on any atom is -0.462 e. The van der Waals surface area contributed by atoms with Crippen molar-refractivity contribution in [1.29, 1.82) is 0 Å². The van der Waals surface area contributed by atoms with Crippen molar-refractivity contribution in [3.8, 4) is 0 Å². The maximum atomic E-state index is 12.9. The van der Waals surface area contributed by atoms with E-state index in [0.717, 1.165) is 128 Å². The normalized spacial score (nSPS) is 13.5. The molecule has 0 aliphatic rings. The highest BCUT2D eigenvalue weighted by Gasteiger charge is 2.19. The van der Waals surface area contributed by atoms with E-state index < -0.39 is 18.0 Å². The van der Waals surface area contributed by atoms with E-state index in [1.54, 1.807) is 6.08 Å². The Morgan fingerprint density at radius 2 is 0.494 bits per heavy atom. The van der Waals surface area contributed by atoms with Gasteiger partial charge in [-0.2, -0.15) is 0 Å². The van der Waals surface area contributed by atoms with Crippen LogP contribution in [0.5, 0.6) is 0 Å². The quantitative estimate of drug-likeness (QED) is 0.0261. The summed E-state index contributed by atoms with van der Waals surface area (Å²) in [7, 11) is 0. The van der Waals surface area contributed by atoms with Gasteiger partial charge in [-0.05, 0) is 141 Å². The summed E-state index contributed by atoms with van der Waals surface area (Å²) in [4.78, 5) is 38.2. The average molecular weight is 1140 g/mol. The zero-order chi connectivity index (χ0) is 59.9. The Labute approximate surface area is 509 Å². The van der Waals surface area contributed by atoms with Crippen molar-refractivity contribution >= 4 is 17.9 Å². The molecule has 83 heavy (non-hydrogen) atoms. The van der Waals surface area contributed by atoms with Gasteiger partial charge < -0.3 is 14.2 Å². The van der Waals surface area contributed by atoms with Gasteiger partial charge >= 0.3 is 17.9 Å². The number of hydrogen-bond donors (Lipinski definition) is 0. The fourth-order valence-corrected chi connectivity index (χ4v) is 8.06. The van der Waals surface area contributed by atoms with Gasteiger partial charge in [-0.3, -0.25) is 14.4 Å². The summed E-state index contributed by atoms with van der Waals surface area (Å²) < 4.78 is 16.7. The van der Waals surface area contributed by atoms with E-state index in [0.29, 0.717) is 19.3 Å². The number of ether oxygens (including phenoxy) is 3. The van der Waals surface area contributed by atoms with Crippen LogP contribution in [0.3, 0.4) is 0 Å². The molecule has 0 amide bonds. The van der Waals surface area contributed by atoms with Crippen LogP contribution >= 0.6 is 0 Å². The highest BCUT2D eigenvalue weighted by atomic mass is 16.6. The Hall–Kier alpha value is -6.01. The molecule has 460 valence electrons. The largest absolute Gasteiger partial charge is 0.462 e. The van der Waals surface area contributed by atoms with Crippen molar-refractivity contribution in [1.82, 2.24) is 0 Å². The summed E-state index contributed by atoms with van der Waals surface area (Å²) in [6.07, 6.45) is 106. The molecule has 0 heterocycles. The van der Waals surface area contributed by atoms with E-state index in [1.807, 2.05) is 6.08 Å². The molecular weight excluding hydrogens is 1020 g/mol. The zero-order valence-corrected chi connectivity index (χ0v) is 52.6. The summed E-state index contributed by atoms with van der Waals surface area (Å²) in [6, 6.07) is 0. The number of allylic oxidation sites excluding steroid dienone is 33. The molecule has 0 rings (SSSR count). The second kappa shape index (κ2) is 68.5. The number of unbranched alkanes of at least 4 members (excludes halogenated alkanes) is 12.